The normalized spacial score (nSPS) is 12.2. The second-order valence-electron chi connectivity index (χ2n) is 3.90. The Morgan fingerprint density at radius 2 is 2.14 bits per heavy atom. The first-order chi connectivity index (χ1) is 6.50. The van der Waals surface area contributed by atoms with Crippen LogP contribution in [-0.2, 0) is 5.60 Å². The van der Waals surface area contributed by atoms with Crippen molar-refractivity contribution in [2.45, 2.75) is 19.4 Å². The molecule has 14 heavy (non-hydrogen) atoms. The molecule has 2 aromatic rings. The molecule has 1 heterocycles. The minimum atomic E-state index is -0.905. The summed E-state index contributed by atoms with van der Waals surface area (Å²) >= 11 is 0. The van der Waals surface area contributed by atoms with Gasteiger partial charge < -0.3 is 10.8 Å². The molecule has 0 bridgehead atoms. The maximum atomic E-state index is 9.93. The molecule has 0 amide bonds. The van der Waals surface area contributed by atoms with Gasteiger partial charge in [0.1, 0.15) is 0 Å². The molecule has 0 saturated carbocycles. The molecule has 0 aliphatic rings. The van der Waals surface area contributed by atoms with E-state index in [1.807, 2.05) is 18.2 Å². The second-order valence-corrected chi connectivity index (χ2v) is 3.90. The van der Waals surface area contributed by atoms with Gasteiger partial charge in [-0.05, 0) is 25.5 Å². The van der Waals surface area contributed by atoms with Gasteiger partial charge in [-0.15, -0.1) is 0 Å². The lowest BCUT2D eigenvalue weighted by Crippen LogP contribution is -2.15. The minimum Gasteiger partial charge on any atom is -0.386 e. The van der Waals surface area contributed by atoms with Gasteiger partial charge in [-0.2, -0.15) is 5.10 Å². The molecule has 0 spiro atoms. The highest BCUT2D eigenvalue weighted by molar-refractivity contribution is 5.92. The van der Waals surface area contributed by atoms with Crippen molar-refractivity contribution in [1.29, 1.82) is 0 Å². The van der Waals surface area contributed by atoms with Crippen LogP contribution in [0.1, 0.15) is 19.4 Å². The van der Waals surface area contributed by atoms with E-state index in [2.05, 4.69) is 10.2 Å². The lowest BCUT2D eigenvalue weighted by molar-refractivity contribution is 0.0802. The van der Waals surface area contributed by atoms with Gasteiger partial charge in [-0.1, -0.05) is 12.1 Å². The van der Waals surface area contributed by atoms with Crippen LogP contribution in [0.3, 0.4) is 0 Å². The summed E-state index contributed by atoms with van der Waals surface area (Å²) in [5.41, 5.74) is 6.46. The number of aromatic nitrogens is 2. The van der Waals surface area contributed by atoms with Crippen molar-refractivity contribution in [1.82, 2.24) is 10.2 Å². The van der Waals surface area contributed by atoms with Gasteiger partial charge in [-0.3, -0.25) is 5.10 Å². The van der Waals surface area contributed by atoms with Gasteiger partial charge in [-0.25, -0.2) is 0 Å². The summed E-state index contributed by atoms with van der Waals surface area (Å²) in [4.78, 5) is 0. The van der Waals surface area contributed by atoms with E-state index in [0.717, 1.165) is 16.5 Å². The zero-order valence-corrected chi connectivity index (χ0v) is 8.20. The molecule has 1 aromatic carbocycles. The average Bonchev–Trinajstić information content (AvgIpc) is 2.46. The first kappa shape index (κ1) is 9.02. The van der Waals surface area contributed by atoms with Crippen LogP contribution in [0.5, 0.6) is 0 Å². The number of nitrogens with zero attached hydrogens (tertiary/aromatic N) is 1. The molecule has 0 saturated heterocycles. The van der Waals surface area contributed by atoms with Gasteiger partial charge >= 0.3 is 0 Å². The van der Waals surface area contributed by atoms with Crippen molar-refractivity contribution in [3.63, 3.8) is 0 Å². The standard InChI is InChI=1S/C10H13N3O/c1-10(2,14)6-4-3-5-7-8(6)9(11)13-12-7/h3-5,14H,1-2H3,(H3,11,12,13). The third kappa shape index (κ3) is 1.24. The topological polar surface area (TPSA) is 74.9 Å². The summed E-state index contributed by atoms with van der Waals surface area (Å²) in [6.07, 6.45) is 0. The molecule has 0 aliphatic carbocycles. The maximum Gasteiger partial charge on any atom is 0.153 e. The summed E-state index contributed by atoms with van der Waals surface area (Å²) < 4.78 is 0. The van der Waals surface area contributed by atoms with Crippen molar-refractivity contribution < 1.29 is 5.11 Å². The van der Waals surface area contributed by atoms with Crippen LogP contribution in [0.15, 0.2) is 18.2 Å². The monoisotopic (exact) mass is 191 g/mol. The largest absolute Gasteiger partial charge is 0.386 e. The van der Waals surface area contributed by atoms with Gasteiger partial charge in [0, 0.05) is 5.39 Å². The fraction of sp³-hybridized carbons (Fsp3) is 0.300. The Labute approximate surface area is 81.7 Å². The van der Waals surface area contributed by atoms with E-state index < -0.39 is 5.60 Å². The van der Waals surface area contributed by atoms with Crippen molar-refractivity contribution in [2.24, 2.45) is 0 Å². The predicted molar refractivity (Wildman–Crippen MR) is 55.8 cm³/mol. The van der Waals surface area contributed by atoms with Crippen LogP contribution in [0.4, 0.5) is 5.82 Å². The van der Waals surface area contributed by atoms with Crippen molar-refractivity contribution >= 4 is 16.7 Å². The molecule has 0 unspecified atom stereocenters. The van der Waals surface area contributed by atoms with Crippen molar-refractivity contribution in [2.75, 3.05) is 5.73 Å². The molecule has 0 atom stereocenters. The zero-order chi connectivity index (χ0) is 10.3. The number of hydrogen-bond donors (Lipinski definition) is 3. The molecule has 0 fully saturated rings. The molecular formula is C10H13N3O. The van der Waals surface area contributed by atoms with Crippen LogP contribution in [0.25, 0.3) is 10.9 Å². The van der Waals surface area contributed by atoms with E-state index in [1.54, 1.807) is 13.8 Å². The molecule has 4 N–H and O–H groups in total. The predicted octanol–water partition coefficient (Wildman–Crippen LogP) is 1.37. The Morgan fingerprint density at radius 1 is 1.43 bits per heavy atom. The lowest BCUT2D eigenvalue weighted by Gasteiger charge is -2.18. The molecule has 0 radical (unpaired) electrons. The summed E-state index contributed by atoms with van der Waals surface area (Å²) in [5.74, 6) is 0.428. The zero-order valence-electron chi connectivity index (χ0n) is 8.20. The highest BCUT2D eigenvalue weighted by atomic mass is 16.3. The number of nitrogens with one attached hydrogen (secondary N) is 1. The third-order valence-corrected chi connectivity index (χ3v) is 2.28. The Bertz CT molecular complexity index is 468. The summed E-state index contributed by atoms with van der Waals surface area (Å²) in [5, 5.41) is 17.5. The van der Waals surface area contributed by atoms with Gasteiger partial charge in [0.25, 0.3) is 0 Å². The molecule has 1 aromatic heterocycles. The third-order valence-electron chi connectivity index (χ3n) is 2.28. The smallest absolute Gasteiger partial charge is 0.153 e. The van der Waals surface area contributed by atoms with Crippen molar-refractivity contribution in [3.05, 3.63) is 23.8 Å². The molecule has 4 heteroatoms. The molecule has 74 valence electrons. The molecule has 4 nitrogen and oxygen atoms in total. The van der Waals surface area contributed by atoms with E-state index >= 15 is 0 Å². The number of rotatable bonds is 1. The number of hydrogen-bond acceptors (Lipinski definition) is 3. The van der Waals surface area contributed by atoms with Gasteiger partial charge in [0.2, 0.25) is 0 Å². The van der Waals surface area contributed by atoms with Gasteiger partial charge in [0.15, 0.2) is 5.82 Å². The summed E-state index contributed by atoms with van der Waals surface area (Å²) in [7, 11) is 0. The van der Waals surface area contributed by atoms with E-state index in [9.17, 15) is 5.11 Å². The highest BCUT2D eigenvalue weighted by Gasteiger charge is 2.20. The average molecular weight is 191 g/mol. The highest BCUT2D eigenvalue weighted by Crippen LogP contribution is 2.30. The Kier molecular flexibility index (Phi) is 1.75. The van der Waals surface area contributed by atoms with E-state index in [-0.39, 0.29) is 0 Å². The van der Waals surface area contributed by atoms with E-state index in [4.69, 9.17) is 5.73 Å². The van der Waals surface area contributed by atoms with Gasteiger partial charge in [0.05, 0.1) is 11.1 Å². The minimum absolute atomic E-state index is 0.428. The maximum absolute atomic E-state index is 9.93. The fourth-order valence-corrected chi connectivity index (χ4v) is 1.61. The second kappa shape index (κ2) is 2.72. The summed E-state index contributed by atoms with van der Waals surface area (Å²) in [6.45, 7) is 3.46. The number of aliphatic hydroxyl groups is 1. The number of benzene rings is 1. The molecular weight excluding hydrogens is 178 g/mol. The molecule has 2 rings (SSSR count). The van der Waals surface area contributed by atoms with E-state index in [0.29, 0.717) is 5.82 Å². The first-order valence-corrected chi connectivity index (χ1v) is 4.45. The number of nitrogens with two attached hydrogens (primary N) is 1. The lowest BCUT2D eigenvalue weighted by atomic mass is 9.95. The number of nitrogen functional groups attached to an aromatic ring is 1. The van der Waals surface area contributed by atoms with Crippen molar-refractivity contribution in [3.8, 4) is 0 Å². The SMILES string of the molecule is CC(C)(O)c1cccc2[nH]nc(N)c12. The number of anilines is 1. The summed E-state index contributed by atoms with van der Waals surface area (Å²) in [6, 6.07) is 5.61. The van der Waals surface area contributed by atoms with Crippen LogP contribution in [-0.4, -0.2) is 15.3 Å². The Morgan fingerprint density at radius 3 is 2.79 bits per heavy atom. The molecule has 0 aliphatic heterocycles. The number of H-pyrrole nitrogens is 1. The fourth-order valence-electron chi connectivity index (χ4n) is 1.61. The first-order valence-electron chi connectivity index (χ1n) is 4.45. The quantitative estimate of drug-likeness (QED) is 0.637. The van der Waals surface area contributed by atoms with Crippen LogP contribution >= 0.6 is 0 Å². The Balaban J connectivity index is 2.82. The van der Waals surface area contributed by atoms with Crippen LogP contribution < -0.4 is 5.73 Å². The Hall–Kier alpha value is -1.55. The number of fused-ring (bicyclic) bond motifs is 1. The van der Waals surface area contributed by atoms with Crippen LogP contribution in [0, 0.1) is 0 Å². The number of aromatic amines is 1. The van der Waals surface area contributed by atoms with Crippen LogP contribution in [0.2, 0.25) is 0 Å². The van der Waals surface area contributed by atoms with E-state index in [1.165, 1.54) is 0 Å².